The molecule has 4 aromatic rings. The van der Waals surface area contributed by atoms with Gasteiger partial charge in [-0.15, -0.1) is 0 Å². The van der Waals surface area contributed by atoms with Crippen molar-refractivity contribution in [3.8, 4) is 17.2 Å². The number of benzene rings is 4. The summed E-state index contributed by atoms with van der Waals surface area (Å²) in [4.78, 5) is 0. The van der Waals surface area contributed by atoms with Gasteiger partial charge in [-0.2, -0.15) is 0 Å². The number of phenols is 3. The standard InChI is InChI=1S/C26H22O3/c1-18-2-4-19(5-3-18)26(20-6-12-23(27)13-7-20,21-8-14-24(28)15-9-21)22-10-16-25(29)17-11-22/h2-17,27-29H,1H3. The Labute approximate surface area is 170 Å². The molecule has 3 nitrogen and oxygen atoms in total. The first-order valence-corrected chi connectivity index (χ1v) is 9.46. The first-order valence-electron chi connectivity index (χ1n) is 9.46. The maximum absolute atomic E-state index is 9.88. The van der Waals surface area contributed by atoms with Crippen LogP contribution in [0.4, 0.5) is 0 Å². The zero-order valence-electron chi connectivity index (χ0n) is 16.1. The molecule has 0 aromatic heterocycles. The van der Waals surface area contributed by atoms with Crippen molar-refractivity contribution in [2.45, 2.75) is 12.3 Å². The van der Waals surface area contributed by atoms with E-state index in [0.717, 1.165) is 27.8 Å². The van der Waals surface area contributed by atoms with Crippen molar-refractivity contribution >= 4 is 0 Å². The summed E-state index contributed by atoms with van der Waals surface area (Å²) in [7, 11) is 0. The Morgan fingerprint density at radius 3 is 0.931 bits per heavy atom. The Bertz CT molecular complexity index is 907. The van der Waals surface area contributed by atoms with Crippen LogP contribution in [0.15, 0.2) is 97.1 Å². The van der Waals surface area contributed by atoms with E-state index in [1.165, 1.54) is 0 Å². The molecule has 0 aliphatic rings. The Balaban J connectivity index is 2.11. The van der Waals surface area contributed by atoms with Crippen LogP contribution in [0.3, 0.4) is 0 Å². The summed E-state index contributed by atoms with van der Waals surface area (Å²) in [6.07, 6.45) is 0. The van der Waals surface area contributed by atoms with E-state index in [9.17, 15) is 15.3 Å². The van der Waals surface area contributed by atoms with Crippen molar-refractivity contribution in [2.75, 3.05) is 0 Å². The smallest absolute Gasteiger partial charge is 0.115 e. The number of phenolic OH excluding ortho intramolecular Hbond substituents is 3. The number of rotatable bonds is 4. The van der Waals surface area contributed by atoms with Gasteiger partial charge in [0.2, 0.25) is 0 Å². The van der Waals surface area contributed by atoms with Gasteiger partial charge in [-0.25, -0.2) is 0 Å². The zero-order chi connectivity index (χ0) is 20.4. The van der Waals surface area contributed by atoms with E-state index in [0.29, 0.717) is 0 Å². The topological polar surface area (TPSA) is 60.7 Å². The Morgan fingerprint density at radius 2 is 0.655 bits per heavy atom. The summed E-state index contributed by atoms with van der Waals surface area (Å²) in [5, 5.41) is 29.6. The average molecular weight is 382 g/mol. The average Bonchev–Trinajstić information content (AvgIpc) is 2.73. The van der Waals surface area contributed by atoms with Crippen molar-refractivity contribution in [2.24, 2.45) is 0 Å². The summed E-state index contributed by atoms with van der Waals surface area (Å²) in [5.41, 5.74) is 4.42. The molecule has 144 valence electrons. The van der Waals surface area contributed by atoms with Crippen LogP contribution < -0.4 is 0 Å². The fourth-order valence-corrected chi connectivity index (χ4v) is 3.94. The van der Waals surface area contributed by atoms with Gasteiger partial charge in [0.25, 0.3) is 0 Å². The molecular weight excluding hydrogens is 360 g/mol. The van der Waals surface area contributed by atoms with Gasteiger partial charge in [0, 0.05) is 0 Å². The predicted octanol–water partition coefficient (Wildman–Crippen LogP) is 5.49. The molecule has 0 heterocycles. The number of aryl methyl sites for hydroxylation is 1. The third kappa shape index (κ3) is 3.32. The lowest BCUT2D eigenvalue weighted by Gasteiger charge is -2.37. The molecule has 0 spiro atoms. The van der Waals surface area contributed by atoms with Crippen LogP contribution in [0, 0.1) is 6.92 Å². The second kappa shape index (κ2) is 7.36. The third-order valence-electron chi connectivity index (χ3n) is 5.39. The molecule has 0 atom stereocenters. The lowest BCUT2D eigenvalue weighted by molar-refractivity contribution is 0.474. The molecule has 0 saturated carbocycles. The largest absolute Gasteiger partial charge is 0.508 e. The van der Waals surface area contributed by atoms with Gasteiger partial charge in [0.05, 0.1) is 5.41 Å². The predicted molar refractivity (Wildman–Crippen MR) is 114 cm³/mol. The van der Waals surface area contributed by atoms with Gasteiger partial charge < -0.3 is 15.3 Å². The molecule has 0 fully saturated rings. The van der Waals surface area contributed by atoms with Crippen LogP contribution in [-0.4, -0.2) is 15.3 Å². The molecular formula is C26H22O3. The normalized spacial score (nSPS) is 11.3. The van der Waals surface area contributed by atoms with E-state index in [4.69, 9.17) is 0 Å². The second-order valence-electron chi connectivity index (χ2n) is 7.26. The van der Waals surface area contributed by atoms with E-state index in [1.807, 2.05) is 43.3 Å². The van der Waals surface area contributed by atoms with Crippen LogP contribution in [0.25, 0.3) is 0 Å². The van der Waals surface area contributed by atoms with E-state index in [1.54, 1.807) is 36.4 Å². The molecule has 0 aliphatic carbocycles. The lowest BCUT2D eigenvalue weighted by Crippen LogP contribution is -2.30. The Hall–Kier alpha value is -3.72. The van der Waals surface area contributed by atoms with Crippen LogP contribution in [0.5, 0.6) is 17.2 Å². The van der Waals surface area contributed by atoms with E-state index < -0.39 is 5.41 Å². The summed E-state index contributed by atoms with van der Waals surface area (Å²) in [6.45, 7) is 2.05. The minimum atomic E-state index is -0.692. The fraction of sp³-hybridized carbons (Fsp3) is 0.0769. The van der Waals surface area contributed by atoms with Crippen LogP contribution >= 0.6 is 0 Å². The molecule has 0 amide bonds. The van der Waals surface area contributed by atoms with Gasteiger partial charge in [0.15, 0.2) is 0 Å². The van der Waals surface area contributed by atoms with Gasteiger partial charge in [0.1, 0.15) is 17.2 Å². The summed E-state index contributed by atoms with van der Waals surface area (Å²) in [5.74, 6) is 0.592. The SMILES string of the molecule is Cc1ccc(C(c2ccc(O)cc2)(c2ccc(O)cc2)c2ccc(O)cc2)cc1. The molecule has 29 heavy (non-hydrogen) atoms. The van der Waals surface area contributed by atoms with Crippen LogP contribution in [-0.2, 0) is 5.41 Å². The number of aromatic hydroxyl groups is 3. The van der Waals surface area contributed by atoms with Gasteiger partial charge in [-0.1, -0.05) is 66.2 Å². The highest BCUT2D eigenvalue weighted by Gasteiger charge is 2.38. The molecule has 0 aliphatic heterocycles. The van der Waals surface area contributed by atoms with Gasteiger partial charge in [-0.05, 0) is 65.6 Å². The molecule has 0 unspecified atom stereocenters. The maximum atomic E-state index is 9.88. The molecule has 4 rings (SSSR count). The Morgan fingerprint density at radius 1 is 0.414 bits per heavy atom. The second-order valence-corrected chi connectivity index (χ2v) is 7.26. The third-order valence-corrected chi connectivity index (χ3v) is 5.39. The first kappa shape index (κ1) is 18.6. The minimum absolute atomic E-state index is 0.197. The van der Waals surface area contributed by atoms with Crippen molar-refractivity contribution in [1.82, 2.24) is 0 Å². The van der Waals surface area contributed by atoms with Crippen molar-refractivity contribution in [3.05, 3.63) is 125 Å². The molecule has 0 radical (unpaired) electrons. The zero-order valence-corrected chi connectivity index (χ0v) is 16.1. The molecule has 0 bridgehead atoms. The Kier molecular flexibility index (Phi) is 4.73. The summed E-state index contributed by atoms with van der Waals surface area (Å²) >= 11 is 0. The quantitative estimate of drug-likeness (QED) is 0.409. The van der Waals surface area contributed by atoms with Crippen LogP contribution in [0.2, 0.25) is 0 Å². The lowest BCUT2D eigenvalue weighted by atomic mass is 9.65. The number of hydrogen-bond donors (Lipinski definition) is 3. The molecule has 3 heteroatoms. The van der Waals surface area contributed by atoms with E-state index in [2.05, 4.69) is 24.3 Å². The highest BCUT2D eigenvalue weighted by molar-refractivity contribution is 5.61. The van der Waals surface area contributed by atoms with Crippen LogP contribution in [0.1, 0.15) is 27.8 Å². The maximum Gasteiger partial charge on any atom is 0.115 e. The van der Waals surface area contributed by atoms with E-state index >= 15 is 0 Å². The van der Waals surface area contributed by atoms with E-state index in [-0.39, 0.29) is 17.2 Å². The first-order chi connectivity index (χ1) is 14.0. The highest BCUT2D eigenvalue weighted by Crippen LogP contribution is 2.46. The summed E-state index contributed by atoms with van der Waals surface area (Å²) < 4.78 is 0. The highest BCUT2D eigenvalue weighted by atomic mass is 16.3. The fourth-order valence-electron chi connectivity index (χ4n) is 3.94. The minimum Gasteiger partial charge on any atom is -0.508 e. The molecule has 0 saturated heterocycles. The van der Waals surface area contributed by atoms with Crippen molar-refractivity contribution in [3.63, 3.8) is 0 Å². The van der Waals surface area contributed by atoms with Crippen molar-refractivity contribution in [1.29, 1.82) is 0 Å². The summed E-state index contributed by atoms with van der Waals surface area (Å²) in [6, 6.07) is 29.9. The molecule has 3 N–H and O–H groups in total. The van der Waals surface area contributed by atoms with Crippen molar-refractivity contribution < 1.29 is 15.3 Å². The molecule has 4 aromatic carbocycles. The van der Waals surface area contributed by atoms with Gasteiger partial charge >= 0.3 is 0 Å². The number of hydrogen-bond acceptors (Lipinski definition) is 3. The monoisotopic (exact) mass is 382 g/mol. The van der Waals surface area contributed by atoms with Gasteiger partial charge in [-0.3, -0.25) is 0 Å².